The molecule has 4 N–H and O–H groups in total. The van der Waals surface area contributed by atoms with Crippen molar-refractivity contribution in [2.45, 2.75) is 0 Å². The molecule has 0 bridgehead atoms. The number of nitrogens with two attached hydrogens (primary N) is 1. The Morgan fingerprint density at radius 1 is 1.16 bits per heavy atom. The molecule has 96 valence electrons. The summed E-state index contributed by atoms with van der Waals surface area (Å²) in [6.45, 7) is 0. The summed E-state index contributed by atoms with van der Waals surface area (Å²) < 4.78 is 0. The molecule has 0 saturated heterocycles. The van der Waals surface area contributed by atoms with Gasteiger partial charge in [0.1, 0.15) is 5.56 Å². The van der Waals surface area contributed by atoms with E-state index in [4.69, 9.17) is 5.73 Å². The predicted molar refractivity (Wildman–Crippen MR) is 70.0 cm³/mol. The summed E-state index contributed by atoms with van der Waals surface area (Å²) in [6.07, 6.45) is 1.44. The lowest BCUT2D eigenvalue weighted by molar-refractivity contribution is 0.0996. The molecule has 1 aromatic carbocycles. The fourth-order valence-corrected chi connectivity index (χ4v) is 1.55. The Hall–Kier alpha value is -2.89. The predicted octanol–water partition coefficient (Wildman–Crippen LogP) is 0.726. The molecular weight excluding hydrogens is 246 g/mol. The number of rotatable bonds is 3. The van der Waals surface area contributed by atoms with E-state index in [0.29, 0.717) is 5.69 Å². The number of amides is 2. The Balaban J connectivity index is 2.25. The molecule has 0 spiro atoms. The van der Waals surface area contributed by atoms with E-state index in [2.05, 4.69) is 10.3 Å². The Morgan fingerprint density at radius 3 is 2.63 bits per heavy atom. The molecule has 0 aliphatic rings. The van der Waals surface area contributed by atoms with Crippen LogP contribution in [0.15, 0.2) is 47.4 Å². The lowest BCUT2D eigenvalue weighted by Crippen LogP contribution is -2.22. The molecule has 6 nitrogen and oxygen atoms in total. The van der Waals surface area contributed by atoms with Crippen LogP contribution in [-0.2, 0) is 0 Å². The van der Waals surface area contributed by atoms with Crippen LogP contribution in [0.1, 0.15) is 20.7 Å². The third-order valence-electron chi connectivity index (χ3n) is 2.47. The highest BCUT2D eigenvalue weighted by Gasteiger charge is 2.10. The molecule has 1 heterocycles. The second-order valence-corrected chi connectivity index (χ2v) is 3.81. The van der Waals surface area contributed by atoms with Gasteiger partial charge in [0.15, 0.2) is 0 Å². The largest absolute Gasteiger partial charge is 0.366 e. The molecule has 0 saturated carbocycles. The molecule has 0 atom stereocenters. The fraction of sp³-hybridized carbons (Fsp3) is 0. The summed E-state index contributed by atoms with van der Waals surface area (Å²) in [7, 11) is 0. The van der Waals surface area contributed by atoms with Gasteiger partial charge in [0.25, 0.3) is 11.5 Å². The summed E-state index contributed by atoms with van der Waals surface area (Å²) in [5.41, 5.74) is 5.32. The van der Waals surface area contributed by atoms with Crippen LogP contribution in [0.25, 0.3) is 0 Å². The molecule has 2 rings (SSSR count). The first kappa shape index (κ1) is 12.6. The van der Waals surface area contributed by atoms with Crippen LogP contribution in [0.2, 0.25) is 0 Å². The van der Waals surface area contributed by atoms with Gasteiger partial charge in [-0.15, -0.1) is 0 Å². The van der Waals surface area contributed by atoms with Crippen molar-refractivity contribution in [3.05, 3.63) is 64.1 Å². The van der Waals surface area contributed by atoms with Gasteiger partial charge < -0.3 is 16.0 Å². The van der Waals surface area contributed by atoms with Gasteiger partial charge in [-0.3, -0.25) is 14.4 Å². The van der Waals surface area contributed by atoms with E-state index >= 15 is 0 Å². The zero-order valence-electron chi connectivity index (χ0n) is 9.84. The molecule has 0 fully saturated rings. The van der Waals surface area contributed by atoms with E-state index in [-0.39, 0.29) is 11.1 Å². The highest BCUT2D eigenvalue weighted by molar-refractivity contribution is 6.04. The summed E-state index contributed by atoms with van der Waals surface area (Å²) in [4.78, 5) is 36.7. The molecular formula is C13H11N3O3. The van der Waals surface area contributed by atoms with Gasteiger partial charge in [-0.2, -0.15) is 0 Å². The number of pyridine rings is 1. The average molecular weight is 257 g/mol. The zero-order chi connectivity index (χ0) is 13.8. The Morgan fingerprint density at radius 2 is 1.95 bits per heavy atom. The molecule has 0 radical (unpaired) electrons. The molecule has 19 heavy (non-hydrogen) atoms. The first-order chi connectivity index (χ1) is 9.08. The van der Waals surface area contributed by atoms with E-state index in [1.54, 1.807) is 18.2 Å². The van der Waals surface area contributed by atoms with Gasteiger partial charge in [-0.05, 0) is 30.3 Å². The lowest BCUT2D eigenvalue weighted by atomic mass is 10.2. The SMILES string of the molecule is NC(=O)c1cccc(NC(=O)c2ccc[nH]c2=O)c1. The number of benzene rings is 1. The van der Waals surface area contributed by atoms with Gasteiger partial charge in [0.05, 0.1) is 0 Å². The molecule has 2 amide bonds. The Labute approximate surface area is 108 Å². The number of aromatic nitrogens is 1. The maximum Gasteiger partial charge on any atom is 0.261 e. The van der Waals surface area contributed by atoms with Crippen LogP contribution in [0.4, 0.5) is 5.69 Å². The number of carbonyl (C=O) groups is 2. The van der Waals surface area contributed by atoms with Gasteiger partial charge in [0.2, 0.25) is 5.91 Å². The number of primary amides is 1. The Bertz CT molecular complexity index is 691. The minimum atomic E-state index is -0.589. The molecule has 0 aliphatic carbocycles. The maximum atomic E-state index is 11.9. The Kier molecular flexibility index (Phi) is 3.42. The molecule has 1 aromatic heterocycles. The fourth-order valence-electron chi connectivity index (χ4n) is 1.55. The second-order valence-electron chi connectivity index (χ2n) is 3.81. The van der Waals surface area contributed by atoms with Crippen molar-refractivity contribution in [1.82, 2.24) is 4.98 Å². The van der Waals surface area contributed by atoms with Gasteiger partial charge in [-0.25, -0.2) is 0 Å². The van der Waals surface area contributed by atoms with Crippen LogP contribution in [-0.4, -0.2) is 16.8 Å². The van der Waals surface area contributed by atoms with Gasteiger partial charge in [-0.1, -0.05) is 6.07 Å². The third kappa shape index (κ3) is 2.86. The van der Waals surface area contributed by atoms with E-state index in [0.717, 1.165) is 0 Å². The van der Waals surface area contributed by atoms with Crippen molar-refractivity contribution < 1.29 is 9.59 Å². The molecule has 2 aromatic rings. The smallest absolute Gasteiger partial charge is 0.261 e. The highest BCUT2D eigenvalue weighted by atomic mass is 16.2. The lowest BCUT2D eigenvalue weighted by Gasteiger charge is -2.05. The van der Waals surface area contributed by atoms with Crippen molar-refractivity contribution in [3.8, 4) is 0 Å². The first-order valence-corrected chi connectivity index (χ1v) is 5.47. The number of hydrogen-bond donors (Lipinski definition) is 3. The molecule has 0 aliphatic heterocycles. The minimum absolute atomic E-state index is 0.00743. The number of nitrogens with one attached hydrogen (secondary N) is 2. The topological polar surface area (TPSA) is 105 Å². The second kappa shape index (κ2) is 5.18. The monoisotopic (exact) mass is 257 g/mol. The maximum absolute atomic E-state index is 11.9. The summed E-state index contributed by atoms with van der Waals surface area (Å²) in [5, 5.41) is 2.53. The standard InChI is InChI=1S/C13H11N3O3/c14-11(17)8-3-1-4-9(7-8)16-13(19)10-5-2-6-15-12(10)18/h1-7H,(H2,14,17)(H,15,18)(H,16,19). The van der Waals surface area contributed by atoms with E-state index < -0.39 is 17.4 Å². The zero-order valence-corrected chi connectivity index (χ0v) is 9.84. The first-order valence-electron chi connectivity index (χ1n) is 5.47. The minimum Gasteiger partial charge on any atom is -0.366 e. The van der Waals surface area contributed by atoms with Crippen LogP contribution in [0, 0.1) is 0 Å². The molecule has 0 unspecified atom stereocenters. The highest BCUT2D eigenvalue weighted by Crippen LogP contribution is 2.11. The summed E-state index contributed by atoms with van der Waals surface area (Å²) in [6, 6.07) is 9.12. The average Bonchev–Trinajstić information content (AvgIpc) is 2.39. The quantitative estimate of drug-likeness (QED) is 0.754. The van der Waals surface area contributed by atoms with Gasteiger partial charge in [0, 0.05) is 17.4 Å². The summed E-state index contributed by atoms with van der Waals surface area (Å²) in [5.74, 6) is -1.14. The van der Waals surface area contributed by atoms with Crippen LogP contribution < -0.4 is 16.6 Å². The number of aromatic amines is 1. The van der Waals surface area contributed by atoms with Crippen LogP contribution in [0.5, 0.6) is 0 Å². The van der Waals surface area contributed by atoms with E-state index in [9.17, 15) is 14.4 Å². The van der Waals surface area contributed by atoms with Crippen molar-refractivity contribution in [1.29, 1.82) is 0 Å². The number of carbonyl (C=O) groups excluding carboxylic acids is 2. The number of anilines is 1. The van der Waals surface area contributed by atoms with Gasteiger partial charge >= 0.3 is 0 Å². The van der Waals surface area contributed by atoms with Crippen molar-refractivity contribution in [3.63, 3.8) is 0 Å². The van der Waals surface area contributed by atoms with Crippen molar-refractivity contribution >= 4 is 17.5 Å². The van der Waals surface area contributed by atoms with Crippen LogP contribution in [0.3, 0.4) is 0 Å². The number of H-pyrrole nitrogens is 1. The summed E-state index contributed by atoms with van der Waals surface area (Å²) >= 11 is 0. The normalized spacial score (nSPS) is 9.89. The van der Waals surface area contributed by atoms with Crippen molar-refractivity contribution in [2.24, 2.45) is 5.73 Å². The van der Waals surface area contributed by atoms with Crippen LogP contribution >= 0.6 is 0 Å². The van der Waals surface area contributed by atoms with E-state index in [1.165, 1.54) is 24.4 Å². The number of hydrogen-bond acceptors (Lipinski definition) is 3. The van der Waals surface area contributed by atoms with Crippen molar-refractivity contribution in [2.75, 3.05) is 5.32 Å². The third-order valence-corrected chi connectivity index (χ3v) is 2.47. The molecule has 6 heteroatoms. The van der Waals surface area contributed by atoms with E-state index in [1.807, 2.05) is 0 Å².